The molecule has 2 heterocycles. The number of pyridine rings is 1. The van der Waals surface area contributed by atoms with Crippen LogP contribution in [0.1, 0.15) is 41.5 Å². The molecule has 0 saturated heterocycles. The molecule has 5 heteroatoms. The highest BCUT2D eigenvalue weighted by Gasteiger charge is 2.27. The van der Waals surface area contributed by atoms with Crippen molar-refractivity contribution in [2.75, 3.05) is 0 Å². The van der Waals surface area contributed by atoms with Gasteiger partial charge in [-0.15, -0.1) is 0 Å². The molecule has 5 nitrogen and oxygen atoms in total. The van der Waals surface area contributed by atoms with E-state index in [1.54, 1.807) is 10.5 Å². The highest BCUT2D eigenvalue weighted by Crippen LogP contribution is 2.36. The van der Waals surface area contributed by atoms with E-state index in [4.69, 9.17) is 5.11 Å². The predicted octanol–water partition coefficient (Wildman–Crippen LogP) is 2.01. The lowest BCUT2D eigenvalue weighted by molar-refractivity contribution is 0.0693. The number of hydrogen-bond acceptors (Lipinski definition) is 3. The zero-order valence-electron chi connectivity index (χ0n) is 9.13. The van der Waals surface area contributed by atoms with Gasteiger partial charge in [0.2, 0.25) is 0 Å². The molecule has 0 aromatic carbocycles. The molecule has 1 fully saturated rings. The summed E-state index contributed by atoms with van der Waals surface area (Å²) in [5.74, 6) is 0.156. The van der Waals surface area contributed by atoms with Crippen LogP contribution in [0.5, 0.6) is 5.75 Å². The van der Waals surface area contributed by atoms with E-state index in [0.717, 1.165) is 25.1 Å². The summed E-state index contributed by atoms with van der Waals surface area (Å²) in [7, 11) is 0. The van der Waals surface area contributed by atoms with Gasteiger partial charge in [-0.3, -0.25) is 4.40 Å². The third kappa shape index (κ3) is 1.46. The Kier molecular flexibility index (Phi) is 2.07. The van der Waals surface area contributed by atoms with Gasteiger partial charge in [0.15, 0.2) is 5.69 Å². The van der Waals surface area contributed by atoms with Crippen molar-refractivity contribution in [1.82, 2.24) is 9.38 Å². The predicted molar refractivity (Wildman–Crippen MR) is 60.4 cm³/mol. The molecule has 2 N–H and O–H groups in total. The summed E-state index contributed by atoms with van der Waals surface area (Å²) in [5.41, 5.74) is 0.601. The minimum atomic E-state index is -1.03. The Balaban J connectivity index is 2.26. The number of fused-ring (bicyclic) bond motifs is 1. The van der Waals surface area contributed by atoms with Gasteiger partial charge in [0.25, 0.3) is 0 Å². The molecule has 1 saturated carbocycles. The quantitative estimate of drug-likeness (QED) is 0.830. The van der Waals surface area contributed by atoms with Crippen LogP contribution < -0.4 is 0 Å². The second kappa shape index (κ2) is 3.48. The van der Waals surface area contributed by atoms with Crippen molar-refractivity contribution >= 4 is 11.5 Å². The first-order valence-corrected chi connectivity index (χ1v) is 5.61. The number of rotatable bonds is 2. The molecule has 0 unspecified atom stereocenters. The number of aromatic hydroxyl groups is 1. The molecular formula is C12H12N2O3. The Morgan fingerprint density at radius 1 is 1.41 bits per heavy atom. The Morgan fingerprint density at radius 2 is 2.18 bits per heavy atom. The van der Waals surface area contributed by atoms with E-state index >= 15 is 0 Å². The van der Waals surface area contributed by atoms with Gasteiger partial charge in [0.1, 0.15) is 11.6 Å². The number of aromatic carboxylic acids is 1. The van der Waals surface area contributed by atoms with Crippen LogP contribution in [0.3, 0.4) is 0 Å². The van der Waals surface area contributed by atoms with Crippen molar-refractivity contribution in [3.63, 3.8) is 0 Å². The molecule has 1 aliphatic carbocycles. The van der Waals surface area contributed by atoms with Crippen LogP contribution >= 0.6 is 0 Å². The first kappa shape index (κ1) is 10.1. The van der Waals surface area contributed by atoms with E-state index in [-0.39, 0.29) is 11.4 Å². The number of aromatic nitrogens is 2. The lowest BCUT2D eigenvalue weighted by Crippen LogP contribution is -2.12. The fourth-order valence-electron chi connectivity index (χ4n) is 2.21. The zero-order valence-corrected chi connectivity index (χ0v) is 9.13. The molecule has 0 amide bonds. The van der Waals surface area contributed by atoms with Crippen LogP contribution in [-0.2, 0) is 0 Å². The summed E-state index contributed by atoms with van der Waals surface area (Å²) in [6, 6.07) is 3.07. The molecule has 88 valence electrons. The van der Waals surface area contributed by atoms with E-state index in [2.05, 4.69) is 4.98 Å². The molecule has 0 atom stereocenters. The average Bonchev–Trinajstić information content (AvgIpc) is 2.55. The first-order valence-electron chi connectivity index (χ1n) is 5.61. The maximum absolute atomic E-state index is 11.1. The highest BCUT2D eigenvalue weighted by atomic mass is 16.4. The Bertz CT molecular complexity index is 599. The number of carboxylic acids is 1. The minimum absolute atomic E-state index is 0.0619. The van der Waals surface area contributed by atoms with Gasteiger partial charge < -0.3 is 10.2 Å². The monoisotopic (exact) mass is 232 g/mol. The van der Waals surface area contributed by atoms with Crippen LogP contribution in [0, 0.1) is 0 Å². The Morgan fingerprint density at radius 3 is 2.76 bits per heavy atom. The van der Waals surface area contributed by atoms with Crippen LogP contribution in [-0.4, -0.2) is 25.6 Å². The molecule has 0 spiro atoms. The fourth-order valence-corrected chi connectivity index (χ4v) is 2.21. The molecule has 1 aliphatic rings. The van der Waals surface area contributed by atoms with Gasteiger partial charge in [-0.05, 0) is 25.0 Å². The average molecular weight is 232 g/mol. The Hall–Kier alpha value is -2.04. The largest absolute Gasteiger partial charge is 0.506 e. The summed E-state index contributed by atoms with van der Waals surface area (Å²) < 4.78 is 1.70. The molecule has 0 radical (unpaired) electrons. The van der Waals surface area contributed by atoms with Crippen molar-refractivity contribution in [2.24, 2.45) is 0 Å². The summed E-state index contributed by atoms with van der Waals surface area (Å²) >= 11 is 0. The first-order chi connectivity index (χ1) is 8.16. The standard InChI is InChI=1S/C12H12N2O3/c15-8-4-5-9-10(12(16)17)13-11(14(9)6-8)7-2-1-3-7/h4-7,15H,1-3H2,(H,16,17). The summed E-state index contributed by atoms with van der Waals surface area (Å²) in [5, 5.41) is 18.6. The minimum Gasteiger partial charge on any atom is -0.506 e. The molecular weight excluding hydrogens is 220 g/mol. The number of nitrogens with zero attached hydrogens (tertiary/aromatic N) is 2. The lowest BCUT2D eigenvalue weighted by Gasteiger charge is -2.23. The van der Waals surface area contributed by atoms with Crippen molar-refractivity contribution < 1.29 is 15.0 Å². The van der Waals surface area contributed by atoms with Gasteiger partial charge in [-0.25, -0.2) is 9.78 Å². The summed E-state index contributed by atoms with van der Waals surface area (Å²) in [6.45, 7) is 0. The van der Waals surface area contributed by atoms with Gasteiger partial charge in [-0.1, -0.05) is 6.42 Å². The van der Waals surface area contributed by atoms with Gasteiger partial charge in [0, 0.05) is 5.92 Å². The molecule has 3 rings (SSSR count). The highest BCUT2D eigenvalue weighted by molar-refractivity contribution is 5.93. The third-order valence-corrected chi connectivity index (χ3v) is 3.32. The lowest BCUT2D eigenvalue weighted by atomic mass is 9.85. The van der Waals surface area contributed by atoms with Crippen LogP contribution in [0.2, 0.25) is 0 Å². The van der Waals surface area contributed by atoms with Crippen molar-refractivity contribution in [3.8, 4) is 5.75 Å². The smallest absolute Gasteiger partial charge is 0.356 e. The van der Waals surface area contributed by atoms with Crippen molar-refractivity contribution in [2.45, 2.75) is 25.2 Å². The van der Waals surface area contributed by atoms with Crippen molar-refractivity contribution in [1.29, 1.82) is 0 Å². The molecule has 0 bridgehead atoms. The van der Waals surface area contributed by atoms with E-state index in [0.29, 0.717) is 11.4 Å². The maximum atomic E-state index is 11.1. The number of imidazole rings is 1. The van der Waals surface area contributed by atoms with Crippen LogP contribution in [0.25, 0.3) is 5.52 Å². The topological polar surface area (TPSA) is 74.8 Å². The third-order valence-electron chi connectivity index (χ3n) is 3.32. The van der Waals surface area contributed by atoms with E-state index in [1.807, 2.05) is 0 Å². The maximum Gasteiger partial charge on any atom is 0.356 e. The second-order valence-electron chi connectivity index (χ2n) is 4.39. The van der Waals surface area contributed by atoms with Crippen LogP contribution in [0.4, 0.5) is 0 Å². The number of carbonyl (C=O) groups is 1. The zero-order chi connectivity index (χ0) is 12.0. The fraction of sp³-hybridized carbons (Fsp3) is 0.333. The Labute approximate surface area is 97.3 Å². The normalized spacial score (nSPS) is 16.0. The molecule has 2 aromatic heterocycles. The number of carboxylic acid groups (broad SMARTS) is 1. The number of hydrogen-bond donors (Lipinski definition) is 2. The van der Waals surface area contributed by atoms with E-state index < -0.39 is 5.97 Å². The summed E-state index contributed by atoms with van der Waals surface area (Å²) in [6.07, 6.45) is 4.75. The SMILES string of the molecule is O=C(O)c1nc(C2CCC2)n2cc(O)ccc12. The van der Waals surface area contributed by atoms with Gasteiger partial charge >= 0.3 is 5.97 Å². The molecule has 0 aliphatic heterocycles. The van der Waals surface area contributed by atoms with Crippen LogP contribution in [0.15, 0.2) is 18.3 Å². The summed E-state index contributed by atoms with van der Waals surface area (Å²) in [4.78, 5) is 15.3. The molecule has 2 aromatic rings. The van der Waals surface area contributed by atoms with Gasteiger partial charge in [0.05, 0.1) is 11.7 Å². The van der Waals surface area contributed by atoms with Crippen molar-refractivity contribution in [3.05, 3.63) is 29.8 Å². The van der Waals surface area contributed by atoms with E-state index in [9.17, 15) is 9.90 Å². The van der Waals surface area contributed by atoms with Gasteiger partial charge in [-0.2, -0.15) is 0 Å². The molecule has 17 heavy (non-hydrogen) atoms. The van der Waals surface area contributed by atoms with E-state index in [1.165, 1.54) is 12.3 Å². The second-order valence-corrected chi connectivity index (χ2v) is 4.39.